The second kappa shape index (κ2) is 15.1. The van der Waals surface area contributed by atoms with Gasteiger partial charge < -0.3 is 29.9 Å². The van der Waals surface area contributed by atoms with Crippen molar-refractivity contribution in [1.29, 1.82) is 0 Å². The van der Waals surface area contributed by atoms with Gasteiger partial charge in [0.05, 0.1) is 19.1 Å². The monoisotopic (exact) mass is 664 g/mol. The summed E-state index contributed by atoms with van der Waals surface area (Å²) in [5, 5.41) is 11.7. The molecule has 3 aliphatic rings. The fraction of sp³-hybridized carbons (Fsp3) is 0.576. The zero-order valence-electron chi connectivity index (χ0n) is 27.4. The number of nitrogens with zero attached hydrogens (tertiary/aromatic N) is 6. The molecular weight excluding hydrogens is 620 g/mol. The Morgan fingerprint density at radius 1 is 1.13 bits per heavy atom. The van der Waals surface area contributed by atoms with Crippen molar-refractivity contribution in [2.75, 3.05) is 19.6 Å². The van der Waals surface area contributed by atoms with Crippen molar-refractivity contribution in [2.24, 2.45) is 16.0 Å². The fourth-order valence-electron chi connectivity index (χ4n) is 6.40. The van der Waals surface area contributed by atoms with Gasteiger partial charge in [-0.1, -0.05) is 41.5 Å². The number of benzene rings is 1. The summed E-state index contributed by atoms with van der Waals surface area (Å²) in [6.07, 6.45) is 1.42. The van der Waals surface area contributed by atoms with E-state index in [4.69, 9.17) is 20.0 Å². The SMILES string of the molecule is C[C@@H]1N=C(N2CCN(C(=O)[C@H](NC(=O)OC(C)(C)C)C3CCC(N=[N+]=[N-])CC3)[C@H](C(=O)NCc3cccs3)C2)O[C@H]1c1ccccc1. The summed E-state index contributed by atoms with van der Waals surface area (Å²) in [6.45, 7) is 8.43. The number of amidine groups is 1. The minimum absolute atomic E-state index is 0.124. The highest BCUT2D eigenvalue weighted by molar-refractivity contribution is 7.09. The molecule has 0 unspecified atom stereocenters. The Kier molecular flexibility index (Phi) is 10.9. The first-order valence-electron chi connectivity index (χ1n) is 16.2. The molecular formula is C33H44N8O5S. The van der Waals surface area contributed by atoms with Crippen molar-refractivity contribution in [3.63, 3.8) is 0 Å². The lowest BCUT2D eigenvalue weighted by Gasteiger charge is -2.43. The van der Waals surface area contributed by atoms with E-state index in [0.717, 1.165) is 10.4 Å². The third kappa shape index (κ3) is 8.75. The highest BCUT2D eigenvalue weighted by Crippen LogP contribution is 2.32. The summed E-state index contributed by atoms with van der Waals surface area (Å²) >= 11 is 1.54. The number of aliphatic imine (C=N–C) groups is 1. The second-order valence-electron chi connectivity index (χ2n) is 13.3. The van der Waals surface area contributed by atoms with E-state index >= 15 is 0 Å². The Morgan fingerprint density at radius 3 is 2.53 bits per heavy atom. The molecule has 1 saturated carbocycles. The van der Waals surface area contributed by atoms with E-state index in [1.165, 1.54) is 0 Å². The van der Waals surface area contributed by atoms with E-state index in [0.29, 0.717) is 44.8 Å². The molecule has 2 fully saturated rings. The minimum Gasteiger partial charge on any atom is -0.455 e. The second-order valence-corrected chi connectivity index (χ2v) is 14.3. The average Bonchev–Trinajstić information content (AvgIpc) is 3.72. The van der Waals surface area contributed by atoms with Gasteiger partial charge in [-0.25, -0.2) is 9.79 Å². The quantitative estimate of drug-likeness (QED) is 0.225. The lowest BCUT2D eigenvalue weighted by molar-refractivity contribution is -0.146. The molecule has 47 heavy (non-hydrogen) atoms. The summed E-state index contributed by atoms with van der Waals surface area (Å²) < 4.78 is 11.9. The number of ether oxygens (including phenoxy) is 2. The maximum Gasteiger partial charge on any atom is 0.408 e. The fourth-order valence-corrected chi connectivity index (χ4v) is 7.04. The van der Waals surface area contributed by atoms with Crippen LogP contribution in [0.4, 0.5) is 4.79 Å². The molecule has 4 atom stereocenters. The third-order valence-corrected chi connectivity index (χ3v) is 9.61. The van der Waals surface area contributed by atoms with Crippen LogP contribution in [0.25, 0.3) is 10.4 Å². The molecule has 1 aromatic heterocycles. The van der Waals surface area contributed by atoms with Gasteiger partial charge in [0.15, 0.2) is 0 Å². The summed E-state index contributed by atoms with van der Waals surface area (Å²) in [4.78, 5) is 53.6. The molecule has 1 aromatic carbocycles. The predicted octanol–water partition coefficient (Wildman–Crippen LogP) is 5.16. The van der Waals surface area contributed by atoms with Crippen LogP contribution in [-0.2, 0) is 25.6 Å². The molecule has 1 aliphatic carbocycles. The first-order chi connectivity index (χ1) is 22.5. The van der Waals surface area contributed by atoms with Crippen molar-refractivity contribution in [1.82, 2.24) is 20.4 Å². The van der Waals surface area contributed by atoms with Crippen LogP contribution in [0.2, 0.25) is 0 Å². The van der Waals surface area contributed by atoms with Gasteiger partial charge in [-0.05, 0) is 81.8 Å². The average molecular weight is 665 g/mol. The van der Waals surface area contributed by atoms with Gasteiger partial charge in [0.25, 0.3) is 6.02 Å². The largest absolute Gasteiger partial charge is 0.455 e. The Morgan fingerprint density at radius 2 is 1.87 bits per heavy atom. The molecule has 0 radical (unpaired) electrons. The maximum absolute atomic E-state index is 14.5. The van der Waals surface area contributed by atoms with E-state index < -0.39 is 23.8 Å². The number of hydrogen-bond donors (Lipinski definition) is 2. The van der Waals surface area contributed by atoms with Crippen LogP contribution in [0, 0.1) is 5.92 Å². The van der Waals surface area contributed by atoms with Crippen LogP contribution in [0.5, 0.6) is 0 Å². The van der Waals surface area contributed by atoms with Crippen LogP contribution in [-0.4, -0.2) is 83.1 Å². The smallest absolute Gasteiger partial charge is 0.408 e. The Hall–Kier alpha value is -4.29. The van der Waals surface area contributed by atoms with Crippen molar-refractivity contribution in [2.45, 2.75) is 95.8 Å². The lowest BCUT2D eigenvalue weighted by Crippen LogP contribution is -2.65. The molecule has 2 aliphatic heterocycles. The molecule has 2 aromatic rings. The molecule has 5 rings (SSSR count). The van der Waals surface area contributed by atoms with Crippen molar-refractivity contribution < 1.29 is 23.9 Å². The number of hydrogen-bond acceptors (Lipinski definition) is 9. The van der Waals surface area contributed by atoms with E-state index in [2.05, 4.69) is 20.7 Å². The van der Waals surface area contributed by atoms with Crippen molar-refractivity contribution in [3.8, 4) is 0 Å². The Labute approximate surface area is 279 Å². The van der Waals surface area contributed by atoms with Gasteiger partial charge in [0, 0.05) is 28.9 Å². The highest BCUT2D eigenvalue weighted by atomic mass is 32.1. The lowest BCUT2D eigenvalue weighted by atomic mass is 9.81. The van der Waals surface area contributed by atoms with Crippen LogP contribution in [0.15, 0.2) is 58.0 Å². The molecule has 252 valence electrons. The van der Waals surface area contributed by atoms with Crippen LogP contribution in [0.1, 0.15) is 69.9 Å². The van der Waals surface area contributed by atoms with Crippen LogP contribution in [0.3, 0.4) is 0 Å². The van der Waals surface area contributed by atoms with Gasteiger partial charge in [0.2, 0.25) is 11.8 Å². The molecule has 14 heteroatoms. The van der Waals surface area contributed by atoms with Gasteiger partial charge in [-0.3, -0.25) is 9.59 Å². The number of piperazine rings is 1. The van der Waals surface area contributed by atoms with Crippen LogP contribution >= 0.6 is 11.3 Å². The van der Waals surface area contributed by atoms with Gasteiger partial charge in [-0.15, -0.1) is 11.3 Å². The maximum atomic E-state index is 14.5. The number of carbonyl (C=O) groups excluding carboxylic acids is 3. The Bertz CT molecular complexity index is 1470. The number of thiophene rings is 1. The predicted molar refractivity (Wildman–Crippen MR) is 178 cm³/mol. The number of nitrogens with one attached hydrogen (secondary N) is 2. The van der Waals surface area contributed by atoms with Gasteiger partial charge in [0.1, 0.15) is 23.8 Å². The first kappa shape index (κ1) is 34.1. The zero-order chi connectivity index (χ0) is 33.6. The minimum atomic E-state index is -0.918. The van der Waals surface area contributed by atoms with E-state index in [1.807, 2.05) is 59.7 Å². The third-order valence-electron chi connectivity index (χ3n) is 8.73. The summed E-state index contributed by atoms with van der Waals surface area (Å²) in [5.41, 5.74) is 9.17. The van der Waals surface area contributed by atoms with Crippen molar-refractivity contribution in [3.05, 3.63) is 68.7 Å². The molecule has 1 saturated heterocycles. The number of alkyl carbamates (subject to hydrolysis) is 1. The number of azide groups is 1. The number of carbonyl (C=O) groups is 3. The molecule has 3 heterocycles. The van der Waals surface area contributed by atoms with E-state index in [1.54, 1.807) is 37.0 Å². The van der Waals surface area contributed by atoms with Gasteiger partial charge >= 0.3 is 6.09 Å². The normalized spacial score (nSPS) is 25.1. The molecule has 2 N–H and O–H groups in total. The number of amides is 3. The topological polar surface area (TPSA) is 161 Å². The zero-order valence-corrected chi connectivity index (χ0v) is 28.2. The summed E-state index contributed by atoms with van der Waals surface area (Å²) in [6, 6.07) is 12.2. The first-order valence-corrected chi connectivity index (χ1v) is 17.1. The molecule has 3 amide bonds. The summed E-state index contributed by atoms with van der Waals surface area (Å²) in [7, 11) is 0. The molecule has 0 spiro atoms. The van der Waals surface area contributed by atoms with E-state index in [9.17, 15) is 14.4 Å². The molecule has 0 bridgehead atoms. The van der Waals surface area contributed by atoms with Crippen LogP contribution < -0.4 is 10.6 Å². The molecule has 13 nitrogen and oxygen atoms in total. The van der Waals surface area contributed by atoms with Crippen molar-refractivity contribution >= 4 is 35.3 Å². The van der Waals surface area contributed by atoms with Gasteiger partial charge in [-0.2, -0.15) is 0 Å². The van der Waals surface area contributed by atoms with E-state index in [-0.39, 0.29) is 49.0 Å². The standard InChI is InChI=1S/C33H44N8O5S/c1-21-28(23-9-6-5-7-10-23)45-31(36-21)40-16-17-41(26(20-40)29(42)35-19-25-11-8-18-47-25)30(43)27(37-32(44)46-33(2,3)4)22-12-14-24(15-13-22)38-39-34/h5-11,18,21-22,24,26-28H,12-17,19-20H2,1-4H3,(H,35,42)(H,37,44)/t21-,22?,24?,26-,27+,28+/m0/s1. The Balaban J connectivity index is 1.37. The number of rotatable bonds is 8. The summed E-state index contributed by atoms with van der Waals surface area (Å²) in [5.74, 6) is -0.863. The highest BCUT2D eigenvalue weighted by Gasteiger charge is 2.44.